The molecule has 0 radical (unpaired) electrons. The van der Waals surface area contributed by atoms with Gasteiger partial charge in [-0.25, -0.2) is 4.39 Å². The van der Waals surface area contributed by atoms with Crippen LogP contribution in [0.15, 0.2) is 48.5 Å². The highest BCUT2D eigenvalue weighted by Gasteiger charge is 2.22. The van der Waals surface area contributed by atoms with Gasteiger partial charge in [0.05, 0.1) is 7.05 Å². The monoisotopic (exact) mass is 329 g/mol. The van der Waals surface area contributed by atoms with Gasteiger partial charge in [0.1, 0.15) is 12.4 Å². The molecule has 5 heteroatoms. The normalized spacial score (nSPS) is 13.2. The molecule has 0 aliphatic heterocycles. The van der Waals surface area contributed by atoms with Crippen molar-refractivity contribution in [1.82, 2.24) is 0 Å². The Labute approximate surface area is 141 Å². The van der Waals surface area contributed by atoms with E-state index >= 15 is 0 Å². The van der Waals surface area contributed by atoms with Gasteiger partial charge in [0.2, 0.25) is 0 Å². The van der Waals surface area contributed by atoms with E-state index in [4.69, 9.17) is 0 Å². The minimum absolute atomic E-state index is 0.0482. The van der Waals surface area contributed by atoms with E-state index in [1.54, 1.807) is 30.3 Å². The number of halogens is 1. The van der Waals surface area contributed by atoms with Crippen LogP contribution >= 0.6 is 0 Å². The molecule has 2 atom stereocenters. The Balaban J connectivity index is 2.00. The van der Waals surface area contributed by atoms with E-state index < -0.39 is 0 Å². The Hall–Kier alpha value is -2.53. The van der Waals surface area contributed by atoms with Crippen molar-refractivity contribution in [2.75, 3.05) is 12.4 Å². The summed E-state index contributed by atoms with van der Waals surface area (Å²) in [5.74, 6) is -0.476. The average molecular weight is 329 g/mol. The maximum absolute atomic E-state index is 13.3. The molecule has 0 fully saturated rings. The third kappa shape index (κ3) is 4.73. The first kappa shape index (κ1) is 17.8. The maximum Gasteiger partial charge on any atom is 0.282 e. The first-order valence-electron chi connectivity index (χ1n) is 7.85. The smallest absolute Gasteiger partial charge is 0.282 e. The zero-order valence-corrected chi connectivity index (χ0v) is 14.1. The topological polar surface area (TPSA) is 50.6 Å². The number of hydrogen-bond acceptors (Lipinski definition) is 2. The summed E-state index contributed by atoms with van der Waals surface area (Å²) in [6, 6.07) is 12.9. The van der Waals surface area contributed by atoms with E-state index in [0.717, 1.165) is 10.5 Å². The number of Topliss-reactive ketones (excluding diaryl/α,β-unsaturated/α-hetero) is 1. The molecule has 1 unspecified atom stereocenters. The predicted molar refractivity (Wildman–Crippen MR) is 91.5 cm³/mol. The molecule has 1 amide bonds. The van der Waals surface area contributed by atoms with Crippen molar-refractivity contribution in [3.63, 3.8) is 0 Å². The largest absolute Gasteiger partial charge is 0.324 e. The molecule has 126 valence electrons. The maximum atomic E-state index is 13.3. The molecule has 4 nitrogen and oxygen atoms in total. The lowest BCUT2D eigenvalue weighted by atomic mass is 10.1. The van der Waals surface area contributed by atoms with Gasteiger partial charge in [0, 0.05) is 16.8 Å². The van der Waals surface area contributed by atoms with E-state index in [1.807, 2.05) is 20.0 Å². The van der Waals surface area contributed by atoms with Crippen molar-refractivity contribution in [2.45, 2.75) is 26.4 Å². The number of carbonyl (C=O) groups excluding carboxylic acids is 2. The highest BCUT2D eigenvalue weighted by atomic mass is 19.1. The Morgan fingerprint density at radius 3 is 2.54 bits per heavy atom. The van der Waals surface area contributed by atoms with Gasteiger partial charge in [-0.1, -0.05) is 24.3 Å². The number of benzene rings is 2. The highest BCUT2D eigenvalue weighted by Crippen LogP contribution is 2.11. The summed E-state index contributed by atoms with van der Waals surface area (Å²) in [6.45, 7) is 3.85. The number of likely N-dealkylation sites (N-methyl/N-ethyl adjacent to an activating group) is 1. The van der Waals surface area contributed by atoms with Gasteiger partial charge in [0.25, 0.3) is 5.91 Å². The van der Waals surface area contributed by atoms with Crippen LogP contribution in [0.4, 0.5) is 10.1 Å². The van der Waals surface area contributed by atoms with Gasteiger partial charge in [-0.15, -0.1) is 0 Å². The minimum Gasteiger partial charge on any atom is -0.324 e. The third-order valence-corrected chi connectivity index (χ3v) is 4.04. The van der Waals surface area contributed by atoms with Crippen molar-refractivity contribution in [3.8, 4) is 0 Å². The Morgan fingerprint density at radius 1 is 1.17 bits per heavy atom. The van der Waals surface area contributed by atoms with Crippen LogP contribution in [0.25, 0.3) is 0 Å². The summed E-state index contributed by atoms with van der Waals surface area (Å²) in [6.07, 6.45) is 0. The second-order valence-corrected chi connectivity index (χ2v) is 6.00. The molecule has 2 aromatic rings. The summed E-state index contributed by atoms with van der Waals surface area (Å²) in [4.78, 5) is 24.8. The van der Waals surface area contributed by atoms with Gasteiger partial charge in [-0.3, -0.25) is 9.59 Å². The van der Waals surface area contributed by atoms with Crippen LogP contribution in [0, 0.1) is 5.82 Å². The van der Waals surface area contributed by atoms with Crippen molar-refractivity contribution >= 4 is 17.4 Å². The van der Waals surface area contributed by atoms with Crippen molar-refractivity contribution in [1.29, 1.82) is 0 Å². The van der Waals surface area contributed by atoms with E-state index in [9.17, 15) is 14.0 Å². The van der Waals surface area contributed by atoms with Crippen molar-refractivity contribution in [3.05, 3.63) is 65.5 Å². The SMILES string of the molecule is CC(=O)c1cccc(NC(=O)[C@H](C)[NH+](C)Cc2cccc(F)c2)c1. The van der Waals surface area contributed by atoms with Crippen LogP contribution in [0.3, 0.4) is 0 Å². The molecular weight excluding hydrogens is 307 g/mol. The lowest BCUT2D eigenvalue weighted by Crippen LogP contribution is -3.12. The fourth-order valence-electron chi connectivity index (χ4n) is 2.41. The Morgan fingerprint density at radius 2 is 1.88 bits per heavy atom. The molecule has 0 aliphatic rings. The summed E-state index contributed by atoms with van der Waals surface area (Å²) >= 11 is 0. The van der Waals surface area contributed by atoms with E-state index in [-0.39, 0.29) is 23.5 Å². The number of carbonyl (C=O) groups is 2. The molecule has 2 rings (SSSR count). The molecule has 0 saturated carbocycles. The standard InChI is InChI=1S/C19H21FN2O2/c1-13(22(3)12-15-6-4-8-17(20)10-15)19(24)21-18-9-5-7-16(11-18)14(2)23/h4-11,13H,12H2,1-3H3,(H,21,24)/p+1/t13-/m0/s1. The lowest BCUT2D eigenvalue weighted by molar-refractivity contribution is -0.907. The van der Waals surface area contributed by atoms with Crippen LogP contribution in [0.5, 0.6) is 0 Å². The Kier molecular flexibility index (Phi) is 5.82. The van der Waals surface area contributed by atoms with Crippen LogP contribution < -0.4 is 10.2 Å². The van der Waals surface area contributed by atoms with E-state index in [2.05, 4.69) is 5.32 Å². The third-order valence-electron chi connectivity index (χ3n) is 4.04. The lowest BCUT2D eigenvalue weighted by Gasteiger charge is -2.21. The molecule has 2 aromatic carbocycles. The minimum atomic E-state index is -0.325. The number of rotatable bonds is 6. The second-order valence-electron chi connectivity index (χ2n) is 6.00. The summed E-state index contributed by atoms with van der Waals surface area (Å²) in [7, 11) is 1.89. The molecule has 0 spiro atoms. The van der Waals surface area contributed by atoms with Gasteiger partial charge >= 0.3 is 0 Å². The first-order valence-corrected chi connectivity index (χ1v) is 7.85. The number of ketones is 1. The van der Waals surface area contributed by atoms with E-state index in [0.29, 0.717) is 17.8 Å². The van der Waals surface area contributed by atoms with Crippen LogP contribution in [-0.4, -0.2) is 24.8 Å². The van der Waals surface area contributed by atoms with Crippen molar-refractivity contribution < 1.29 is 18.9 Å². The first-order chi connectivity index (χ1) is 11.4. The number of quaternary nitrogens is 1. The predicted octanol–water partition coefficient (Wildman–Crippen LogP) is 2.07. The second kappa shape index (κ2) is 7.84. The molecule has 0 bridgehead atoms. The quantitative estimate of drug-likeness (QED) is 0.797. The van der Waals surface area contributed by atoms with Crippen molar-refractivity contribution in [2.24, 2.45) is 0 Å². The number of hydrogen-bond donors (Lipinski definition) is 2. The van der Waals surface area contributed by atoms with Gasteiger partial charge < -0.3 is 10.2 Å². The zero-order chi connectivity index (χ0) is 17.7. The van der Waals surface area contributed by atoms with Crippen LogP contribution in [0.2, 0.25) is 0 Å². The number of nitrogens with one attached hydrogen (secondary N) is 2. The Bertz CT molecular complexity index is 746. The molecule has 0 saturated heterocycles. The van der Waals surface area contributed by atoms with Gasteiger partial charge in [-0.05, 0) is 38.1 Å². The molecule has 0 aliphatic carbocycles. The summed E-state index contributed by atoms with van der Waals surface area (Å²) in [5.41, 5.74) is 1.99. The molecule has 0 aromatic heterocycles. The fraction of sp³-hybridized carbons (Fsp3) is 0.263. The molecule has 24 heavy (non-hydrogen) atoms. The van der Waals surface area contributed by atoms with Gasteiger partial charge in [-0.2, -0.15) is 0 Å². The molecule has 0 heterocycles. The fourth-order valence-corrected chi connectivity index (χ4v) is 2.41. The van der Waals surface area contributed by atoms with E-state index in [1.165, 1.54) is 19.1 Å². The summed E-state index contributed by atoms with van der Waals surface area (Å²) < 4.78 is 13.3. The molecular formula is C19H22FN2O2+. The number of amides is 1. The van der Waals surface area contributed by atoms with Gasteiger partial charge in [0.15, 0.2) is 11.8 Å². The van der Waals surface area contributed by atoms with Crippen LogP contribution in [-0.2, 0) is 11.3 Å². The number of anilines is 1. The molecule has 2 N–H and O–H groups in total. The highest BCUT2D eigenvalue weighted by molar-refractivity contribution is 5.97. The average Bonchev–Trinajstić information content (AvgIpc) is 2.54. The summed E-state index contributed by atoms with van der Waals surface area (Å²) in [5, 5.41) is 2.83. The zero-order valence-electron chi connectivity index (χ0n) is 14.1. The van der Waals surface area contributed by atoms with Crippen LogP contribution in [0.1, 0.15) is 29.8 Å².